The molecule has 0 atom stereocenters. The van der Waals surface area contributed by atoms with E-state index in [2.05, 4.69) is 0 Å². The number of amides is 4. The number of hydrogen-bond acceptors (Lipinski definition) is 3. The van der Waals surface area contributed by atoms with Crippen LogP contribution >= 0.6 is 0 Å². The van der Waals surface area contributed by atoms with E-state index in [0.717, 1.165) is 24.4 Å². The number of carbonyl (C=O) groups is 3. The first-order valence-electron chi connectivity index (χ1n) is 8.34. The number of likely N-dealkylation sites (N-methyl/N-ethyl adjacent to an activating group) is 1. The molecule has 0 radical (unpaired) electrons. The number of nitrogens with zero attached hydrogens (tertiary/aromatic N) is 3. The highest BCUT2D eigenvalue weighted by atomic mass is 16.2. The second-order valence-corrected chi connectivity index (χ2v) is 7.10. The summed E-state index contributed by atoms with van der Waals surface area (Å²) in [6, 6.07) is -0.360. The van der Waals surface area contributed by atoms with Crippen LogP contribution in [0.4, 0.5) is 4.79 Å². The van der Waals surface area contributed by atoms with Crippen LogP contribution in [-0.4, -0.2) is 65.8 Å². The summed E-state index contributed by atoms with van der Waals surface area (Å²) in [4.78, 5) is 40.4. The van der Waals surface area contributed by atoms with E-state index < -0.39 is 0 Å². The lowest BCUT2D eigenvalue weighted by molar-refractivity contribution is -0.136. The predicted molar refractivity (Wildman–Crippen MR) is 81.1 cm³/mol. The highest BCUT2D eigenvalue weighted by Gasteiger charge is 2.41. The molecule has 1 spiro atoms. The average Bonchev–Trinajstić information content (AvgIpc) is 2.89. The van der Waals surface area contributed by atoms with E-state index in [1.165, 1.54) is 43.4 Å². The number of urea groups is 1. The Hall–Kier alpha value is -1.59. The number of imide groups is 1. The molecule has 1 saturated carbocycles. The van der Waals surface area contributed by atoms with Crippen molar-refractivity contribution in [2.45, 2.75) is 44.9 Å². The monoisotopic (exact) mass is 307 g/mol. The average molecular weight is 307 g/mol. The molecule has 0 bridgehead atoms. The second-order valence-electron chi connectivity index (χ2n) is 7.10. The Morgan fingerprint density at radius 1 is 1.09 bits per heavy atom. The quantitative estimate of drug-likeness (QED) is 0.726. The third-order valence-electron chi connectivity index (χ3n) is 5.48. The SMILES string of the molecule is CN1CC(=O)N(CC(=O)N2CCC3(CCCCCC3)C2)C1=O. The Kier molecular flexibility index (Phi) is 4.10. The van der Waals surface area contributed by atoms with Gasteiger partial charge in [0.2, 0.25) is 5.91 Å². The van der Waals surface area contributed by atoms with E-state index in [9.17, 15) is 14.4 Å². The van der Waals surface area contributed by atoms with E-state index in [0.29, 0.717) is 5.41 Å². The highest BCUT2D eigenvalue weighted by molar-refractivity contribution is 6.04. The third kappa shape index (κ3) is 2.83. The Balaban J connectivity index is 1.60. The summed E-state index contributed by atoms with van der Waals surface area (Å²) in [5.41, 5.74) is 0.294. The summed E-state index contributed by atoms with van der Waals surface area (Å²) in [5.74, 6) is -0.359. The standard InChI is InChI=1S/C16H25N3O3/c1-17-10-14(21)19(15(17)22)11-13(20)18-9-8-16(12-18)6-4-2-3-5-7-16/h2-12H2,1H3. The fourth-order valence-electron chi connectivity index (χ4n) is 4.09. The molecule has 2 aliphatic heterocycles. The molecule has 2 saturated heterocycles. The van der Waals surface area contributed by atoms with Gasteiger partial charge in [0.15, 0.2) is 0 Å². The van der Waals surface area contributed by atoms with Gasteiger partial charge in [0.1, 0.15) is 13.1 Å². The number of hydrogen-bond donors (Lipinski definition) is 0. The molecule has 3 aliphatic rings. The van der Waals surface area contributed by atoms with Gasteiger partial charge in [-0.2, -0.15) is 0 Å². The maximum Gasteiger partial charge on any atom is 0.327 e. The normalized spacial score (nSPS) is 25.2. The Morgan fingerprint density at radius 3 is 2.36 bits per heavy atom. The van der Waals surface area contributed by atoms with Crippen molar-refractivity contribution in [1.29, 1.82) is 0 Å². The zero-order chi connectivity index (χ0) is 15.7. The molecule has 6 nitrogen and oxygen atoms in total. The third-order valence-corrected chi connectivity index (χ3v) is 5.48. The molecule has 3 rings (SSSR count). The van der Waals surface area contributed by atoms with E-state index >= 15 is 0 Å². The number of carbonyl (C=O) groups excluding carboxylic acids is 3. The van der Waals surface area contributed by atoms with Crippen LogP contribution in [0.3, 0.4) is 0 Å². The molecule has 0 aromatic carbocycles. The van der Waals surface area contributed by atoms with Gasteiger partial charge in [-0.1, -0.05) is 25.7 Å². The van der Waals surface area contributed by atoms with Crippen molar-refractivity contribution in [1.82, 2.24) is 14.7 Å². The van der Waals surface area contributed by atoms with Crippen LogP contribution in [0.15, 0.2) is 0 Å². The minimum Gasteiger partial charge on any atom is -0.341 e. The van der Waals surface area contributed by atoms with Crippen molar-refractivity contribution in [3.8, 4) is 0 Å². The molecule has 0 aromatic rings. The first kappa shape index (κ1) is 15.3. The van der Waals surface area contributed by atoms with Gasteiger partial charge in [0, 0.05) is 20.1 Å². The van der Waals surface area contributed by atoms with Crippen LogP contribution in [0, 0.1) is 5.41 Å². The predicted octanol–water partition coefficient (Wildman–Crippen LogP) is 1.45. The summed E-state index contributed by atoms with van der Waals surface area (Å²) in [6.07, 6.45) is 8.62. The van der Waals surface area contributed by atoms with Crippen molar-refractivity contribution < 1.29 is 14.4 Å². The molecule has 2 heterocycles. The van der Waals surface area contributed by atoms with Gasteiger partial charge in [-0.25, -0.2) is 4.79 Å². The largest absolute Gasteiger partial charge is 0.341 e. The van der Waals surface area contributed by atoms with Crippen LogP contribution in [0.1, 0.15) is 44.9 Å². The lowest BCUT2D eigenvalue weighted by atomic mass is 9.80. The maximum absolute atomic E-state index is 12.5. The molecule has 0 N–H and O–H groups in total. The van der Waals surface area contributed by atoms with Gasteiger partial charge in [-0.15, -0.1) is 0 Å². The Morgan fingerprint density at radius 2 is 1.77 bits per heavy atom. The minimum atomic E-state index is -0.360. The number of rotatable bonds is 2. The molecular weight excluding hydrogens is 282 g/mol. The van der Waals surface area contributed by atoms with Crippen LogP contribution in [0.2, 0.25) is 0 Å². The Labute approximate surface area is 131 Å². The van der Waals surface area contributed by atoms with Crippen molar-refractivity contribution in [2.75, 3.05) is 33.2 Å². The second kappa shape index (κ2) is 5.89. The highest BCUT2D eigenvalue weighted by Crippen LogP contribution is 2.42. The van der Waals surface area contributed by atoms with Gasteiger partial charge in [-0.05, 0) is 24.7 Å². The van der Waals surface area contributed by atoms with Crippen molar-refractivity contribution in [3.05, 3.63) is 0 Å². The maximum atomic E-state index is 12.5. The van der Waals surface area contributed by atoms with E-state index in [1.54, 1.807) is 7.05 Å². The fraction of sp³-hybridized carbons (Fsp3) is 0.812. The molecule has 4 amide bonds. The lowest BCUT2D eigenvalue weighted by Crippen LogP contribution is -2.43. The minimum absolute atomic E-state index is 0.0794. The molecule has 0 unspecified atom stereocenters. The molecule has 122 valence electrons. The molecule has 0 aromatic heterocycles. The lowest BCUT2D eigenvalue weighted by Gasteiger charge is -2.28. The van der Waals surface area contributed by atoms with Crippen LogP contribution in [0.25, 0.3) is 0 Å². The summed E-state index contributed by atoms with van der Waals surface area (Å²) in [6.45, 7) is 1.55. The summed E-state index contributed by atoms with van der Waals surface area (Å²) >= 11 is 0. The zero-order valence-electron chi connectivity index (χ0n) is 13.3. The van der Waals surface area contributed by atoms with Crippen LogP contribution in [-0.2, 0) is 9.59 Å². The van der Waals surface area contributed by atoms with Crippen molar-refractivity contribution >= 4 is 17.8 Å². The zero-order valence-corrected chi connectivity index (χ0v) is 13.3. The molecule has 22 heavy (non-hydrogen) atoms. The van der Waals surface area contributed by atoms with Crippen LogP contribution in [0.5, 0.6) is 0 Å². The molecular formula is C16H25N3O3. The fourth-order valence-corrected chi connectivity index (χ4v) is 4.09. The first-order valence-corrected chi connectivity index (χ1v) is 8.34. The van der Waals surface area contributed by atoms with Crippen LogP contribution < -0.4 is 0 Å². The van der Waals surface area contributed by atoms with Gasteiger partial charge in [0.25, 0.3) is 5.91 Å². The Bertz CT molecular complexity index is 483. The molecule has 3 fully saturated rings. The van der Waals surface area contributed by atoms with Gasteiger partial charge < -0.3 is 9.80 Å². The van der Waals surface area contributed by atoms with Gasteiger partial charge in [-0.3, -0.25) is 14.5 Å². The smallest absolute Gasteiger partial charge is 0.327 e. The summed E-state index contributed by atoms with van der Waals surface area (Å²) < 4.78 is 0. The molecule has 1 aliphatic carbocycles. The molecule has 6 heteroatoms. The van der Waals surface area contributed by atoms with Gasteiger partial charge in [0.05, 0.1) is 0 Å². The van der Waals surface area contributed by atoms with Crippen molar-refractivity contribution in [3.63, 3.8) is 0 Å². The van der Waals surface area contributed by atoms with Gasteiger partial charge >= 0.3 is 6.03 Å². The van der Waals surface area contributed by atoms with Crippen molar-refractivity contribution in [2.24, 2.45) is 5.41 Å². The topological polar surface area (TPSA) is 60.9 Å². The van der Waals surface area contributed by atoms with E-state index in [4.69, 9.17) is 0 Å². The number of likely N-dealkylation sites (tertiary alicyclic amines) is 1. The van der Waals surface area contributed by atoms with E-state index in [1.807, 2.05) is 4.90 Å². The summed E-state index contributed by atoms with van der Waals surface area (Å²) in [7, 11) is 1.58. The van der Waals surface area contributed by atoms with E-state index in [-0.39, 0.29) is 30.9 Å². The summed E-state index contributed by atoms with van der Waals surface area (Å²) in [5, 5.41) is 0. The first-order chi connectivity index (χ1) is 10.5.